The van der Waals surface area contributed by atoms with Crippen molar-refractivity contribution >= 4 is 23.4 Å². The topological polar surface area (TPSA) is 68.7 Å². The number of hydrogen-bond acceptors (Lipinski definition) is 6. The summed E-state index contributed by atoms with van der Waals surface area (Å²) in [6.07, 6.45) is 1.61. The van der Waals surface area contributed by atoms with Gasteiger partial charge in [0.15, 0.2) is 0 Å². The van der Waals surface area contributed by atoms with Crippen LogP contribution in [0.4, 0.5) is 4.79 Å². The number of esters is 1. The molecule has 1 aromatic heterocycles. The van der Waals surface area contributed by atoms with Crippen molar-refractivity contribution in [2.75, 3.05) is 13.2 Å². The van der Waals surface area contributed by atoms with Crippen LogP contribution in [0.1, 0.15) is 42.1 Å². The Labute approximate surface area is 156 Å². The van der Waals surface area contributed by atoms with Crippen molar-refractivity contribution in [3.05, 3.63) is 52.0 Å². The van der Waals surface area contributed by atoms with Gasteiger partial charge < -0.3 is 9.47 Å². The zero-order chi connectivity index (χ0) is 18.4. The summed E-state index contributed by atoms with van der Waals surface area (Å²) in [4.78, 5) is 30.3. The highest BCUT2D eigenvalue weighted by atomic mass is 32.1. The number of aromatic nitrogens is 1. The lowest BCUT2D eigenvalue weighted by Crippen LogP contribution is -2.31. The zero-order valence-electron chi connectivity index (χ0n) is 14.7. The number of carbonyl (C=O) groups is 2. The van der Waals surface area contributed by atoms with Crippen LogP contribution >= 0.6 is 11.3 Å². The van der Waals surface area contributed by atoms with Gasteiger partial charge in [0.25, 0.3) is 0 Å². The average molecular weight is 374 g/mol. The molecule has 0 N–H and O–H groups in total. The summed E-state index contributed by atoms with van der Waals surface area (Å²) in [6, 6.07) is 9.54. The maximum absolute atomic E-state index is 12.5. The molecule has 1 aliphatic heterocycles. The monoisotopic (exact) mass is 374 g/mol. The van der Waals surface area contributed by atoms with E-state index in [0.29, 0.717) is 18.8 Å². The third kappa shape index (κ3) is 4.60. The van der Waals surface area contributed by atoms with E-state index in [0.717, 1.165) is 23.4 Å². The number of likely N-dealkylation sites (tertiary alicyclic amines) is 1. The Balaban J connectivity index is 1.60. The molecule has 1 aromatic carbocycles. The van der Waals surface area contributed by atoms with Crippen molar-refractivity contribution in [2.45, 2.75) is 38.8 Å². The largest absolute Gasteiger partial charge is 0.466 e. The lowest BCUT2D eigenvalue weighted by atomic mass is 10.2. The standard InChI is InChI=1S/C19H22N2O4S/c1-2-24-17(22)11-15-13-26-18(20-15)16-9-6-10-21(16)19(23)25-12-14-7-4-3-5-8-14/h3-5,7-8,13,16H,2,6,9-12H2,1H3. The second-order valence-corrected chi connectivity index (χ2v) is 6.94. The number of hydrogen-bond donors (Lipinski definition) is 0. The predicted molar refractivity (Wildman–Crippen MR) is 97.8 cm³/mol. The summed E-state index contributed by atoms with van der Waals surface area (Å²) >= 11 is 1.47. The first-order valence-electron chi connectivity index (χ1n) is 8.74. The van der Waals surface area contributed by atoms with E-state index in [1.165, 1.54) is 11.3 Å². The number of amides is 1. The van der Waals surface area contributed by atoms with E-state index in [1.807, 2.05) is 35.7 Å². The normalized spacial score (nSPS) is 16.5. The highest BCUT2D eigenvalue weighted by Gasteiger charge is 2.33. The van der Waals surface area contributed by atoms with Gasteiger partial charge in [0.2, 0.25) is 0 Å². The van der Waals surface area contributed by atoms with Crippen LogP contribution in [-0.4, -0.2) is 35.1 Å². The van der Waals surface area contributed by atoms with Crippen molar-refractivity contribution in [3.8, 4) is 0 Å². The lowest BCUT2D eigenvalue weighted by molar-refractivity contribution is -0.142. The molecule has 1 aliphatic rings. The third-order valence-corrected chi connectivity index (χ3v) is 5.17. The molecule has 1 unspecified atom stereocenters. The van der Waals surface area contributed by atoms with Gasteiger partial charge in [0, 0.05) is 11.9 Å². The highest BCUT2D eigenvalue weighted by Crippen LogP contribution is 2.34. The molecule has 1 atom stereocenters. The van der Waals surface area contributed by atoms with E-state index in [4.69, 9.17) is 9.47 Å². The second kappa shape index (κ2) is 8.80. The maximum atomic E-state index is 12.5. The summed E-state index contributed by atoms with van der Waals surface area (Å²) in [5.74, 6) is -0.283. The SMILES string of the molecule is CCOC(=O)Cc1csc(C2CCCN2C(=O)OCc2ccccc2)n1. The maximum Gasteiger partial charge on any atom is 0.410 e. The molecule has 0 saturated carbocycles. The molecular formula is C19H22N2O4S. The summed E-state index contributed by atoms with van der Waals surface area (Å²) in [5, 5.41) is 2.70. The number of ether oxygens (including phenoxy) is 2. The van der Waals surface area contributed by atoms with E-state index in [2.05, 4.69) is 4.98 Å². The fourth-order valence-corrected chi connectivity index (χ4v) is 3.93. The Morgan fingerprint density at radius 3 is 2.85 bits per heavy atom. The minimum atomic E-state index is -0.321. The molecule has 0 spiro atoms. The van der Waals surface area contributed by atoms with Gasteiger partial charge in [-0.15, -0.1) is 11.3 Å². The number of benzene rings is 1. The van der Waals surface area contributed by atoms with Crippen molar-refractivity contribution in [1.29, 1.82) is 0 Å². The minimum absolute atomic E-state index is 0.0841. The molecule has 7 heteroatoms. The Morgan fingerprint density at radius 1 is 1.27 bits per heavy atom. The summed E-state index contributed by atoms with van der Waals surface area (Å²) in [6.45, 7) is 3.06. The molecule has 2 heterocycles. The highest BCUT2D eigenvalue weighted by molar-refractivity contribution is 7.09. The molecule has 3 rings (SSSR count). The van der Waals surface area contributed by atoms with E-state index >= 15 is 0 Å². The van der Waals surface area contributed by atoms with Gasteiger partial charge in [-0.3, -0.25) is 9.69 Å². The van der Waals surface area contributed by atoms with Crippen LogP contribution in [0.3, 0.4) is 0 Å². The van der Waals surface area contributed by atoms with Gasteiger partial charge in [0.1, 0.15) is 11.6 Å². The minimum Gasteiger partial charge on any atom is -0.466 e. The van der Waals surface area contributed by atoms with Crippen molar-refractivity contribution in [2.24, 2.45) is 0 Å². The molecule has 1 amide bonds. The molecule has 1 saturated heterocycles. The summed E-state index contributed by atoms with van der Waals surface area (Å²) in [7, 11) is 0. The Kier molecular flexibility index (Phi) is 6.22. The first-order chi connectivity index (χ1) is 12.7. The van der Waals surface area contributed by atoms with E-state index in [1.54, 1.807) is 11.8 Å². The first-order valence-corrected chi connectivity index (χ1v) is 9.62. The molecule has 6 nitrogen and oxygen atoms in total. The van der Waals surface area contributed by atoms with Crippen LogP contribution in [-0.2, 0) is 27.3 Å². The van der Waals surface area contributed by atoms with Gasteiger partial charge in [0.05, 0.1) is 24.8 Å². The first kappa shape index (κ1) is 18.4. The van der Waals surface area contributed by atoms with Crippen LogP contribution in [0, 0.1) is 0 Å². The third-order valence-electron chi connectivity index (χ3n) is 4.18. The number of thiazole rings is 1. The van der Waals surface area contributed by atoms with Crippen LogP contribution in [0.5, 0.6) is 0 Å². The second-order valence-electron chi connectivity index (χ2n) is 6.05. The van der Waals surface area contributed by atoms with Crippen LogP contribution < -0.4 is 0 Å². The van der Waals surface area contributed by atoms with Crippen molar-refractivity contribution in [1.82, 2.24) is 9.88 Å². The van der Waals surface area contributed by atoms with Crippen LogP contribution in [0.15, 0.2) is 35.7 Å². The van der Waals surface area contributed by atoms with E-state index in [-0.39, 0.29) is 31.1 Å². The lowest BCUT2D eigenvalue weighted by Gasteiger charge is -2.22. The molecular weight excluding hydrogens is 352 g/mol. The fraction of sp³-hybridized carbons (Fsp3) is 0.421. The Bertz CT molecular complexity index is 747. The van der Waals surface area contributed by atoms with E-state index < -0.39 is 0 Å². The van der Waals surface area contributed by atoms with Crippen LogP contribution in [0.2, 0.25) is 0 Å². The van der Waals surface area contributed by atoms with Gasteiger partial charge in [-0.2, -0.15) is 0 Å². The van der Waals surface area contributed by atoms with Gasteiger partial charge in [-0.25, -0.2) is 9.78 Å². The molecule has 0 radical (unpaired) electrons. The van der Waals surface area contributed by atoms with Crippen LogP contribution in [0.25, 0.3) is 0 Å². The Hall–Kier alpha value is -2.41. The molecule has 0 bridgehead atoms. The quantitative estimate of drug-likeness (QED) is 0.721. The molecule has 1 fully saturated rings. The number of nitrogens with zero attached hydrogens (tertiary/aromatic N) is 2. The average Bonchev–Trinajstić information content (AvgIpc) is 3.30. The van der Waals surface area contributed by atoms with E-state index in [9.17, 15) is 9.59 Å². The van der Waals surface area contributed by atoms with Gasteiger partial charge in [-0.1, -0.05) is 30.3 Å². The molecule has 26 heavy (non-hydrogen) atoms. The van der Waals surface area contributed by atoms with Gasteiger partial charge >= 0.3 is 12.1 Å². The fourth-order valence-electron chi connectivity index (χ4n) is 2.96. The zero-order valence-corrected chi connectivity index (χ0v) is 15.5. The smallest absolute Gasteiger partial charge is 0.410 e. The predicted octanol–water partition coefficient (Wildman–Crippen LogP) is 3.72. The number of carbonyl (C=O) groups excluding carboxylic acids is 2. The molecule has 2 aromatic rings. The summed E-state index contributed by atoms with van der Waals surface area (Å²) < 4.78 is 10.4. The van der Waals surface area contributed by atoms with Gasteiger partial charge in [-0.05, 0) is 25.3 Å². The number of rotatable bonds is 6. The van der Waals surface area contributed by atoms with Crippen molar-refractivity contribution < 1.29 is 19.1 Å². The molecule has 138 valence electrons. The van der Waals surface area contributed by atoms with Crippen molar-refractivity contribution in [3.63, 3.8) is 0 Å². The summed E-state index contributed by atoms with van der Waals surface area (Å²) in [5.41, 5.74) is 1.65. The Morgan fingerprint density at radius 2 is 2.08 bits per heavy atom. The molecule has 0 aliphatic carbocycles.